The number of piperazine rings is 1. The van der Waals surface area contributed by atoms with E-state index in [2.05, 4.69) is 19.2 Å². The molecule has 1 aliphatic heterocycles. The average molecular weight is 339 g/mol. The Hall–Kier alpha value is -1.60. The topological polar surface area (TPSA) is 69.7 Å². The van der Waals surface area contributed by atoms with E-state index >= 15 is 0 Å². The van der Waals surface area contributed by atoms with Crippen molar-refractivity contribution in [1.82, 2.24) is 14.5 Å². The van der Waals surface area contributed by atoms with E-state index in [9.17, 15) is 13.2 Å². The Morgan fingerprint density at radius 3 is 2.13 bits per heavy atom. The van der Waals surface area contributed by atoms with Crippen LogP contribution in [0.25, 0.3) is 0 Å². The molecule has 2 amide bonds. The zero-order valence-electron chi connectivity index (χ0n) is 13.9. The molecule has 1 fully saturated rings. The fraction of sp³-hybridized carbons (Fsp3) is 0.562. The van der Waals surface area contributed by atoms with Crippen LogP contribution >= 0.6 is 0 Å². The Bertz CT molecular complexity index is 623. The maximum atomic E-state index is 12.5. The highest BCUT2D eigenvalue weighted by Gasteiger charge is 2.27. The molecule has 0 radical (unpaired) electrons. The van der Waals surface area contributed by atoms with E-state index < -0.39 is 10.0 Å². The third-order valence-corrected chi connectivity index (χ3v) is 5.40. The van der Waals surface area contributed by atoms with Gasteiger partial charge in [-0.05, 0) is 11.5 Å². The molecule has 1 N–H and O–H groups in total. The summed E-state index contributed by atoms with van der Waals surface area (Å²) in [5.74, 6) is 0.263. The van der Waals surface area contributed by atoms with Crippen molar-refractivity contribution in [2.45, 2.75) is 19.9 Å². The SMILES string of the molecule is CC(C)[C@H](NC(=O)N1CCN(S(C)(=O)=O)CC1)c1ccccc1. The van der Waals surface area contributed by atoms with Crippen LogP contribution in [0.3, 0.4) is 0 Å². The lowest BCUT2D eigenvalue weighted by molar-refractivity contribution is 0.166. The van der Waals surface area contributed by atoms with E-state index in [0.717, 1.165) is 5.56 Å². The van der Waals surface area contributed by atoms with Gasteiger partial charge in [0.2, 0.25) is 10.0 Å². The zero-order chi connectivity index (χ0) is 17.0. The van der Waals surface area contributed by atoms with Crippen LogP contribution in [0.5, 0.6) is 0 Å². The summed E-state index contributed by atoms with van der Waals surface area (Å²) in [7, 11) is -3.18. The number of amides is 2. The fourth-order valence-corrected chi connectivity index (χ4v) is 3.57. The normalized spacial score (nSPS) is 18.0. The van der Waals surface area contributed by atoms with Gasteiger partial charge in [-0.1, -0.05) is 44.2 Å². The summed E-state index contributed by atoms with van der Waals surface area (Å²) in [4.78, 5) is 14.2. The lowest BCUT2D eigenvalue weighted by Crippen LogP contribution is -2.53. The van der Waals surface area contributed by atoms with Gasteiger partial charge in [0.1, 0.15) is 0 Å². The van der Waals surface area contributed by atoms with Crippen LogP contribution in [-0.2, 0) is 10.0 Å². The van der Waals surface area contributed by atoms with Crippen LogP contribution in [0, 0.1) is 5.92 Å². The Morgan fingerprint density at radius 2 is 1.65 bits per heavy atom. The van der Waals surface area contributed by atoms with Crippen LogP contribution in [0.2, 0.25) is 0 Å². The number of nitrogens with zero attached hydrogens (tertiary/aromatic N) is 2. The first-order valence-corrected chi connectivity index (χ1v) is 9.69. The molecule has 6 nitrogen and oxygen atoms in total. The van der Waals surface area contributed by atoms with E-state index in [-0.39, 0.29) is 18.0 Å². The molecule has 0 aromatic heterocycles. The molecule has 23 heavy (non-hydrogen) atoms. The van der Waals surface area contributed by atoms with E-state index in [1.807, 2.05) is 30.3 Å². The van der Waals surface area contributed by atoms with Gasteiger partial charge < -0.3 is 10.2 Å². The molecule has 0 bridgehead atoms. The number of carbonyl (C=O) groups is 1. The summed E-state index contributed by atoms with van der Waals surface area (Å²) < 4.78 is 24.5. The lowest BCUT2D eigenvalue weighted by Gasteiger charge is -2.35. The molecule has 1 aromatic carbocycles. The van der Waals surface area contributed by atoms with Crippen LogP contribution in [0.4, 0.5) is 4.79 Å². The highest BCUT2D eigenvalue weighted by molar-refractivity contribution is 7.88. The van der Waals surface area contributed by atoms with Crippen LogP contribution < -0.4 is 5.32 Å². The van der Waals surface area contributed by atoms with Gasteiger partial charge in [0.15, 0.2) is 0 Å². The number of rotatable bonds is 4. The standard InChI is InChI=1S/C16H25N3O3S/c1-13(2)15(14-7-5-4-6-8-14)17-16(20)18-9-11-19(12-10-18)23(3,21)22/h4-8,13,15H,9-12H2,1-3H3,(H,17,20)/t15-/m0/s1. The highest BCUT2D eigenvalue weighted by Crippen LogP contribution is 2.21. The number of carbonyl (C=O) groups excluding carboxylic acids is 1. The first kappa shape index (κ1) is 17.7. The van der Waals surface area contributed by atoms with E-state index in [4.69, 9.17) is 0 Å². The van der Waals surface area contributed by atoms with Gasteiger partial charge in [-0.15, -0.1) is 0 Å². The van der Waals surface area contributed by atoms with Gasteiger partial charge in [-0.25, -0.2) is 13.2 Å². The molecular formula is C16H25N3O3S. The molecule has 0 aliphatic carbocycles. The summed E-state index contributed by atoms with van der Waals surface area (Å²) in [5.41, 5.74) is 1.07. The number of urea groups is 1. The molecule has 0 unspecified atom stereocenters. The number of benzene rings is 1. The quantitative estimate of drug-likeness (QED) is 0.907. The van der Waals surface area contributed by atoms with Crippen molar-refractivity contribution in [2.24, 2.45) is 5.92 Å². The van der Waals surface area contributed by atoms with Gasteiger partial charge in [-0.3, -0.25) is 0 Å². The van der Waals surface area contributed by atoms with Gasteiger partial charge in [0.25, 0.3) is 0 Å². The number of nitrogens with one attached hydrogen (secondary N) is 1. The Labute approximate surface area is 138 Å². The number of hydrogen-bond acceptors (Lipinski definition) is 3. The van der Waals surface area contributed by atoms with E-state index in [1.54, 1.807) is 4.90 Å². The molecule has 7 heteroatoms. The molecular weight excluding hydrogens is 314 g/mol. The summed E-state index contributed by atoms with van der Waals surface area (Å²) in [5, 5.41) is 3.08. The van der Waals surface area contributed by atoms with Gasteiger partial charge in [0.05, 0.1) is 12.3 Å². The first-order valence-electron chi connectivity index (χ1n) is 7.84. The highest BCUT2D eigenvalue weighted by atomic mass is 32.2. The van der Waals surface area contributed by atoms with Crippen molar-refractivity contribution in [3.05, 3.63) is 35.9 Å². The predicted octanol–water partition coefficient (Wildman–Crippen LogP) is 1.67. The zero-order valence-corrected chi connectivity index (χ0v) is 14.7. The van der Waals surface area contributed by atoms with Gasteiger partial charge in [0, 0.05) is 26.2 Å². The lowest BCUT2D eigenvalue weighted by atomic mass is 9.96. The fourth-order valence-electron chi connectivity index (χ4n) is 2.74. The second-order valence-corrected chi connectivity index (χ2v) is 8.21. The van der Waals surface area contributed by atoms with E-state index in [1.165, 1.54) is 10.6 Å². The molecule has 1 aromatic rings. The van der Waals surface area contributed by atoms with Crippen molar-refractivity contribution < 1.29 is 13.2 Å². The molecule has 0 spiro atoms. The van der Waals surface area contributed by atoms with Crippen molar-refractivity contribution >= 4 is 16.1 Å². The Morgan fingerprint density at radius 1 is 1.09 bits per heavy atom. The summed E-state index contributed by atoms with van der Waals surface area (Å²) in [6, 6.07) is 9.69. The third-order valence-electron chi connectivity index (χ3n) is 4.10. The van der Waals surface area contributed by atoms with Crippen LogP contribution in [0.15, 0.2) is 30.3 Å². The molecule has 1 saturated heterocycles. The molecule has 1 heterocycles. The van der Waals surface area contributed by atoms with Crippen LogP contribution in [0.1, 0.15) is 25.5 Å². The molecule has 128 valence electrons. The minimum Gasteiger partial charge on any atom is -0.331 e. The second kappa shape index (κ2) is 7.31. The van der Waals surface area contributed by atoms with Crippen LogP contribution in [-0.4, -0.2) is 56.1 Å². The summed E-state index contributed by atoms with van der Waals surface area (Å²) in [6.07, 6.45) is 1.20. The maximum Gasteiger partial charge on any atom is 0.317 e. The molecule has 1 aliphatic rings. The van der Waals surface area contributed by atoms with Gasteiger partial charge in [-0.2, -0.15) is 4.31 Å². The summed E-state index contributed by atoms with van der Waals surface area (Å²) >= 11 is 0. The second-order valence-electron chi connectivity index (χ2n) is 6.23. The van der Waals surface area contributed by atoms with E-state index in [0.29, 0.717) is 26.2 Å². The third kappa shape index (κ3) is 4.68. The van der Waals surface area contributed by atoms with Crippen molar-refractivity contribution in [3.63, 3.8) is 0 Å². The number of sulfonamides is 1. The Kier molecular flexibility index (Phi) is 5.64. The number of hydrogen-bond donors (Lipinski definition) is 1. The average Bonchev–Trinajstić information content (AvgIpc) is 2.52. The monoisotopic (exact) mass is 339 g/mol. The summed E-state index contributed by atoms with van der Waals surface area (Å²) in [6.45, 7) is 5.67. The molecule has 2 rings (SSSR count). The van der Waals surface area contributed by atoms with Crippen molar-refractivity contribution in [2.75, 3.05) is 32.4 Å². The maximum absolute atomic E-state index is 12.5. The predicted molar refractivity (Wildman–Crippen MR) is 90.5 cm³/mol. The van der Waals surface area contributed by atoms with Crippen molar-refractivity contribution in [3.8, 4) is 0 Å². The molecule has 1 atom stereocenters. The minimum atomic E-state index is -3.18. The van der Waals surface area contributed by atoms with Gasteiger partial charge >= 0.3 is 6.03 Å². The Balaban J connectivity index is 1.98. The minimum absolute atomic E-state index is 0.0587. The first-order chi connectivity index (χ1) is 10.8. The molecule has 0 saturated carbocycles. The largest absolute Gasteiger partial charge is 0.331 e. The van der Waals surface area contributed by atoms with Crippen molar-refractivity contribution in [1.29, 1.82) is 0 Å². The smallest absolute Gasteiger partial charge is 0.317 e.